The zero-order chi connectivity index (χ0) is 13.8. The topological polar surface area (TPSA) is 66.4 Å². The smallest absolute Gasteiger partial charge is 0.339 e. The number of anilines is 1. The lowest BCUT2D eigenvalue weighted by Crippen LogP contribution is -2.17. The molecule has 0 bridgehead atoms. The van der Waals surface area contributed by atoms with E-state index >= 15 is 0 Å². The molecule has 5 heteroatoms. The molecule has 1 aliphatic carbocycles. The van der Waals surface area contributed by atoms with E-state index in [0.29, 0.717) is 12.3 Å². The summed E-state index contributed by atoms with van der Waals surface area (Å²) in [5, 5.41) is 11.9. The van der Waals surface area contributed by atoms with Crippen LogP contribution in [0.5, 0.6) is 0 Å². The van der Waals surface area contributed by atoms with Crippen LogP contribution in [-0.2, 0) is 4.79 Å². The van der Waals surface area contributed by atoms with Gasteiger partial charge in [-0.2, -0.15) is 0 Å². The van der Waals surface area contributed by atoms with E-state index in [2.05, 4.69) is 5.32 Å². The summed E-state index contributed by atoms with van der Waals surface area (Å²) in [6, 6.07) is 4.68. The van der Waals surface area contributed by atoms with Crippen LogP contribution in [-0.4, -0.2) is 17.0 Å². The van der Waals surface area contributed by atoms with Gasteiger partial charge in [0, 0.05) is 6.42 Å². The van der Waals surface area contributed by atoms with Gasteiger partial charge in [-0.3, -0.25) is 4.79 Å². The van der Waals surface area contributed by atoms with Crippen LogP contribution >= 0.6 is 11.6 Å². The number of aromatic carboxylic acids is 1. The molecule has 1 aromatic rings. The maximum absolute atomic E-state index is 11.9. The van der Waals surface area contributed by atoms with Gasteiger partial charge in [-0.1, -0.05) is 30.5 Å². The van der Waals surface area contributed by atoms with Crippen molar-refractivity contribution in [2.45, 2.75) is 32.1 Å². The Morgan fingerprint density at radius 3 is 2.63 bits per heavy atom. The summed E-state index contributed by atoms with van der Waals surface area (Å²) in [5.41, 5.74) is 0.215. The number of carboxylic acid groups (broad SMARTS) is 1. The number of carbonyl (C=O) groups excluding carboxylic acids is 1. The maximum atomic E-state index is 11.9. The van der Waals surface area contributed by atoms with Crippen LogP contribution in [0.4, 0.5) is 5.69 Å². The van der Waals surface area contributed by atoms with Crippen molar-refractivity contribution >= 4 is 29.2 Å². The molecule has 0 spiro atoms. The largest absolute Gasteiger partial charge is 0.478 e. The van der Waals surface area contributed by atoms with Crippen LogP contribution in [0.2, 0.25) is 5.02 Å². The molecular weight excluding hydrogens is 266 g/mol. The molecule has 19 heavy (non-hydrogen) atoms. The Bertz CT molecular complexity index is 495. The average molecular weight is 282 g/mol. The van der Waals surface area contributed by atoms with E-state index in [9.17, 15) is 9.59 Å². The summed E-state index contributed by atoms with van der Waals surface area (Å²) >= 11 is 5.85. The predicted octanol–water partition coefficient (Wildman–Crippen LogP) is 3.56. The summed E-state index contributed by atoms with van der Waals surface area (Å²) < 4.78 is 0. The van der Waals surface area contributed by atoms with Crippen molar-refractivity contribution in [3.63, 3.8) is 0 Å². The summed E-state index contributed by atoms with van der Waals surface area (Å²) in [4.78, 5) is 23.0. The highest BCUT2D eigenvalue weighted by Gasteiger charge is 2.20. The van der Waals surface area contributed by atoms with Gasteiger partial charge in [-0.05, 0) is 30.9 Å². The number of halogens is 1. The van der Waals surface area contributed by atoms with Crippen molar-refractivity contribution in [2.24, 2.45) is 5.92 Å². The SMILES string of the molecule is O=C(CC1CCCC1)Nc1cccc(Cl)c1C(=O)O. The highest BCUT2D eigenvalue weighted by molar-refractivity contribution is 6.34. The lowest BCUT2D eigenvalue weighted by Gasteiger charge is -2.12. The molecule has 1 aliphatic rings. The molecule has 0 aromatic heterocycles. The first-order chi connectivity index (χ1) is 9.08. The van der Waals surface area contributed by atoms with Crippen molar-refractivity contribution in [2.75, 3.05) is 5.32 Å². The zero-order valence-corrected chi connectivity index (χ0v) is 11.2. The van der Waals surface area contributed by atoms with E-state index < -0.39 is 5.97 Å². The van der Waals surface area contributed by atoms with Crippen molar-refractivity contribution in [1.29, 1.82) is 0 Å². The van der Waals surface area contributed by atoms with Gasteiger partial charge in [-0.25, -0.2) is 4.79 Å². The quantitative estimate of drug-likeness (QED) is 0.887. The Labute approximate surface area is 116 Å². The van der Waals surface area contributed by atoms with Crippen LogP contribution in [0.15, 0.2) is 18.2 Å². The average Bonchev–Trinajstić information content (AvgIpc) is 2.81. The summed E-state index contributed by atoms with van der Waals surface area (Å²) in [6.07, 6.45) is 4.96. The first-order valence-electron chi connectivity index (χ1n) is 6.39. The van der Waals surface area contributed by atoms with Gasteiger partial charge in [0.25, 0.3) is 0 Å². The Morgan fingerprint density at radius 1 is 1.32 bits per heavy atom. The third-order valence-electron chi connectivity index (χ3n) is 3.45. The fraction of sp³-hybridized carbons (Fsp3) is 0.429. The molecule has 102 valence electrons. The molecule has 0 saturated heterocycles. The predicted molar refractivity (Wildman–Crippen MR) is 73.6 cm³/mol. The molecule has 0 unspecified atom stereocenters. The molecule has 0 radical (unpaired) electrons. The van der Waals surface area contributed by atoms with Crippen molar-refractivity contribution in [3.05, 3.63) is 28.8 Å². The first-order valence-corrected chi connectivity index (χ1v) is 6.77. The molecule has 0 atom stereocenters. The van der Waals surface area contributed by atoms with Gasteiger partial charge in [0.05, 0.1) is 10.7 Å². The zero-order valence-electron chi connectivity index (χ0n) is 10.5. The Balaban J connectivity index is 2.07. The third-order valence-corrected chi connectivity index (χ3v) is 3.77. The minimum atomic E-state index is -1.14. The number of nitrogens with one attached hydrogen (secondary N) is 1. The Kier molecular flexibility index (Phi) is 4.43. The Hall–Kier alpha value is -1.55. The number of amides is 1. The highest BCUT2D eigenvalue weighted by Crippen LogP contribution is 2.29. The summed E-state index contributed by atoms with van der Waals surface area (Å²) in [7, 11) is 0. The summed E-state index contributed by atoms with van der Waals surface area (Å²) in [6.45, 7) is 0. The molecule has 1 amide bonds. The van der Waals surface area contributed by atoms with Crippen LogP contribution in [0.1, 0.15) is 42.5 Å². The molecule has 0 heterocycles. The number of rotatable bonds is 4. The molecular formula is C14H16ClNO3. The van der Waals surface area contributed by atoms with Crippen LogP contribution < -0.4 is 5.32 Å². The fourth-order valence-corrected chi connectivity index (χ4v) is 2.78. The minimum Gasteiger partial charge on any atom is -0.478 e. The minimum absolute atomic E-state index is 0.0519. The van der Waals surface area contributed by atoms with E-state index in [1.807, 2.05) is 0 Å². The second kappa shape index (κ2) is 6.06. The number of hydrogen-bond donors (Lipinski definition) is 2. The normalized spacial score (nSPS) is 15.4. The van der Waals surface area contributed by atoms with Crippen LogP contribution in [0.3, 0.4) is 0 Å². The second-order valence-corrected chi connectivity index (χ2v) is 5.28. The van der Waals surface area contributed by atoms with Crippen LogP contribution in [0.25, 0.3) is 0 Å². The number of carboxylic acids is 1. The first kappa shape index (κ1) is 13.9. The molecule has 1 aromatic carbocycles. The third kappa shape index (κ3) is 3.47. The number of carbonyl (C=O) groups is 2. The fourth-order valence-electron chi connectivity index (χ4n) is 2.52. The number of hydrogen-bond acceptors (Lipinski definition) is 2. The van der Waals surface area contributed by atoms with Gasteiger partial charge in [0.15, 0.2) is 0 Å². The van der Waals surface area contributed by atoms with E-state index in [4.69, 9.17) is 16.7 Å². The molecule has 0 aliphatic heterocycles. The monoisotopic (exact) mass is 281 g/mol. The molecule has 4 nitrogen and oxygen atoms in total. The lowest BCUT2D eigenvalue weighted by molar-refractivity contribution is -0.117. The van der Waals surface area contributed by atoms with Gasteiger partial charge in [0.1, 0.15) is 5.56 Å². The van der Waals surface area contributed by atoms with Crippen LogP contribution in [0, 0.1) is 5.92 Å². The van der Waals surface area contributed by atoms with E-state index in [1.165, 1.54) is 18.9 Å². The van der Waals surface area contributed by atoms with Gasteiger partial charge in [0.2, 0.25) is 5.91 Å². The molecule has 1 saturated carbocycles. The standard InChI is InChI=1S/C14H16ClNO3/c15-10-6-3-7-11(13(10)14(18)19)16-12(17)8-9-4-1-2-5-9/h3,6-7,9H,1-2,4-5,8H2,(H,16,17)(H,18,19). The van der Waals surface area contributed by atoms with E-state index in [0.717, 1.165) is 12.8 Å². The van der Waals surface area contributed by atoms with Crippen molar-refractivity contribution < 1.29 is 14.7 Å². The summed E-state index contributed by atoms with van der Waals surface area (Å²) in [5.74, 6) is -0.856. The van der Waals surface area contributed by atoms with Gasteiger partial charge < -0.3 is 10.4 Å². The molecule has 2 N–H and O–H groups in total. The molecule has 1 fully saturated rings. The van der Waals surface area contributed by atoms with Gasteiger partial charge >= 0.3 is 5.97 Å². The molecule has 2 rings (SSSR count). The van der Waals surface area contributed by atoms with E-state index in [1.54, 1.807) is 12.1 Å². The van der Waals surface area contributed by atoms with E-state index in [-0.39, 0.29) is 22.2 Å². The van der Waals surface area contributed by atoms with Crippen molar-refractivity contribution in [1.82, 2.24) is 0 Å². The number of benzene rings is 1. The highest BCUT2D eigenvalue weighted by atomic mass is 35.5. The Morgan fingerprint density at radius 2 is 2.00 bits per heavy atom. The second-order valence-electron chi connectivity index (χ2n) is 4.87. The van der Waals surface area contributed by atoms with Crippen molar-refractivity contribution in [3.8, 4) is 0 Å². The maximum Gasteiger partial charge on any atom is 0.339 e. The lowest BCUT2D eigenvalue weighted by atomic mass is 10.0. The van der Waals surface area contributed by atoms with Gasteiger partial charge in [-0.15, -0.1) is 0 Å².